The maximum Gasteiger partial charge on any atom is 0.321 e. The third kappa shape index (κ3) is 3.70. The topological polar surface area (TPSA) is 65.5 Å². The van der Waals surface area contributed by atoms with Gasteiger partial charge in [-0.15, -0.1) is 0 Å². The van der Waals surface area contributed by atoms with Gasteiger partial charge < -0.3 is 15.3 Å². The van der Waals surface area contributed by atoms with Crippen molar-refractivity contribution in [2.24, 2.45) is 5.41 Å². The second-order valence-electron chi connectivity index (χ2n) is 5.34. The fourth-order valence-electron chi connectivity index (χ4n) is 1.77. The molecule has 1 aromatic rings. The van der Waals surface area contributed by atoms with Crippen LogP contribution in [0.4, 0.5) is 10.5 Å². The summed E-state index contributed by atoms with van der Waals surface area (Å²) in [6.45, 7) is 5.90. The van der Waals surface area contributed by atoms with Crippen LogP contribution in [0.25, 0.3) is 0 Å². The Bertz CT molecular complexity index is 387. The molecule has 0 fully saturated rings. The summed E-state index contributed by atoms with van der Waals surface area (Å²) in [4.78, 5) is 17.5. The van der Waals surface area contributed by atoms with Crippen LogP contribution in [0.2, 0.25) is 0 Å². The van der Waals surface area contributed by atoms with Gasteiger partial charge in [0.1, 0.15) is 0 Å². The van der Waals surface area contributed by atoms with Gasteiger partial charge in [-0.25, -0.2) is 4.79 Å². The van der Waals surface area contributed by atoms with Crippen LogP contribution in [0.5, 0.6) is 0 Å². The summed E-state index contributed by atoms with van der Waals surface area (Å²) in [5.41, 5.74) is 0.506. The third-order valence-electron chi connectivity index (χ3n) is 2.89. The highest BCUT2D eigenvalue weighted by molar-refractivity contribution is 5.89. The van der Waals surface area contributed by atoms with Gasteiger partial charge in [-0.3, -0.25) is 4.98 Å². The number of hydrogen-bond acceptors (Lipinski definition) is 3. The summed E-state index contributed by atoms with van der Waals surface area (Å²) >= 11 is 0. The summed E-state index contributed by atoms with van der Waals surface area (Å²) in [5, 5.41) is 12.2. The van der Waals surface area contributed by atoms with Crippen molar-refractivity contribution in [1.82, 2.24) is 9.88 Å². The van der Waals surface area contributed by atoms with Crippen molar-refractivity contribution in [2.45, 2.75) is 26.8 Å². The molecule has 0 aliphatic carbocycles. The van der Waals surface area contributed by atoms with E-state index in [0.717, 1.165) is 0 Å². The summed E-state index contributed by atoms with van der Waals surface area (Å²) < 4.78 is 0. The number of aromatic nitrogens is 1. The lowest BCUT2D eigenvalue weighted by atomic mass is 9.86. The molecule has 0 aliphatic rings. The Labute approximate surface area is 108 Å². The number of likely N-dealkylation sites (N-methyl/N-ethyl adjacent to an activating group) is 1. The largest absolute Gasteiger partial charge is 0.394 e. The minimum absolute atomic E-state index is 0.0657. The van der Waals surface area contributed by atoms with E-state index in [9.17, 15) is 9.90 Å². The predicted molar refractivity (Wildman–Crippen MR) is 71.3 cm³/mol. The van der Waals surface area contributed by atoms with E-state index in [1.807, 2.05) is 20.8 Å². The van der Waals surface area contributed by atoms with Crippen molar-refractivity contribution >= 4 is 11.7 Å². The molecule has 1 unspecified atom stereocenters. The highest BCUT2D eigenvalue weighted by Gasteiger charge is 2.30. The van der Waals surface area contributed by atoms with Crippen LogP contribution in [-0.4, -0.2) is 40.7 Å². The van der Waals surface area contributed by atoms with E-state index in [1.54, 1.807) is 31.6 Å². The van der Waals surface area contributed by atoms with Gasteiger partial charge in [-0.2, -0.15) is 0 Å². The number of nitrogens with zero attached hydrogens (tertiary/aromatic N) is 2. The van der Waals surface area contributed by atoms with Gasteiger partial charge in [0.15, 0.2) is 0 Å². The summed E-state index contributed by atoms with van der Waals surface area (Å²) in [5.74, 6) is 0. The Morgan fingerprint density at radius 2 is 2.00 bits per heavy atom. The average molecular weight is 251 g/mol. The number of carbonyl (C=O) groups is 1. The molecule has 1 atom stereocenters. The number of carbonyl (C=O) groups excluding carboxylic acids is 1. The highest BCUT2D eigenvalue weighted by atomic mass is 16.3. The molecule has 18 heavy (non-hydrogen) atoms. The van der Waals surface area contributed by atoms with Gasteiger partial charge in [0, 0.05) is 25.1 Å². The minimum atomic E-state index is -0.241. The zero-order chi connectivity index (χ0) is 13.8. The van der Waals surface area contributed by atoms with Gasteiger partial charge in [-0.05, 0) is 17.5 Å². The molecule has 5 nitrogen and oxygen atoms in total. The molecule has 5 heteroatoms. The number of amides is 2. The lowest BCUT2D eigenvalue weighted by Gasteiger charge is -2.36. The van der Waals surface area contributed by atoms with Gasteiger partial charge in [0.25, 0.3) is 0 Å². The number of hydrogen-bond donors (Lipinski definition) is 2. The first-order valence-electron chi connectivity index (χ1n) is 5.91. The Hall–Kier alpha value is -1.62. The molecule has 1 heterocycles. The SMILES string of the molecule is CN(C(=O)Nc1ccncc1)C(CO)C(C)(C)C. The molecule has 0 aliphatic heterocycles. The Balaban J connectivity index is 2.72. The quantitative estimate of drug-likeness (QED) is 0.863. The molecular weight excluding hydrogens is 230 g/mol. The first-order chi connectivity index (χ1) is 8.36. The number of nitrogens with one attached hydrogen (secondary N) is 1. The second kappa shape index (κ2) is 5.82. The second-order valence-corrected chi connectivity index (χ2v) is 5.34. The number of aliphatic hydroxyl groups is 1. The van der Waals surface area contributed by atoms with Gasteiger partial charge in [-0.1, -0.05) is 20.8 Å². The van der Waals surface area contributed by atoms with E-state index in [0.29, 0.717) is 5.69 Å². The van der Waals surface area contributed by atoms with E-state index in [4.69, 9.17) is 0 Å². The number of urea groups is 1. The zero-order valence-corrected chi connectivity index (χ0v) is 11.3. The monoisotopic (exact) mass is 251 g/mol. The van der Waals surface area contributed by atoms with Crippen molar-refractivity contribution in [2.75, 3.05) is 19.0 Å². The molecule has 1 aromatic heterocycles. The standard InChI is InChI=1S/C13H21N3O2/c1-13(2,3)11(9-17)16(4)12(18)15-10-5-7-14-8-6-10/h5-8,11,17H,9H2,1-4H3,(H,14,15,18). The average Bonchev–Trinajstić information content (AvgIpc) is 2.29. The van der Waals surface area contributed by atoms with Crippen LogP contribution in [0.15, 0.2) is 24.5 Å². The molecule has 1 rings (SSSR count). The molecule has 0 aromatic carbocycles. The van der Waals surface area contributed by atoms with Crippen molar-refractivity contribution in [1.29, 1.82) is 0 Å². The minimum Gasteiger partial charge on any atom is -0.394 e. The molecule has 0 bridgehead atoms. The van der Waals surface area contributed by atoms with Crippen LogP contribution < -0.4 is 5.32 Å². The molecule has 2 amide bonds. The van der Waals surface area contributed by atoms with E-state index >= 15 is 0 Å². The third-order valence-corrected chi connectivity index (χ3v) is 2.89. The maximum atomic E-state index is 12.0. The molecular formula is C13H21N3O2. The molecule has 0 saturated carbocycles. The first kappa shape index (κ1) is 14.4. The number of pyridine rings is 1. The van der Waals surface area contributed by atoms with Crippen LogP contribution in [0.3, 0.4) is 0 Å². The van der Waals surface area contributed by atoms with Crippen molar-refractivity contribution in [3.8, 4) is 0 Å². The van der Waals surface area contributed by atoms with E-state index < -0.39 is 0 Å². The van der Waals surface area contributed by atoms with Crippen LogP contribution in [0, 0.1) is 5.41 Å². The molecule has 100 valence electrons. The fraction of sp³-hybridized carbons (Fsp3) is 0.538. The lowest BCUT2D eigenvalue weighted by molar-refractivity contribution is 0.0886. The highest BCUT2D eigenvalue weighted by Crippen LogP contribution is 2.23. The molecule has 0 spiro atoms. The van der Waals surface area contributed by atoms with Crippen LogP contribution in [0.1, 0.15) is 20.8 Å². The maximum absolute atomic E-state index is 12.0. The van der Waals surface area contributed by atoms with Gasteiger partial charge >= 0.3 is 6.03 Å². The summed E-state index contributed by atoms with van der Waals surface area (Å²) in [6, 6.07) is 2.96. The zero-order valence-electron chi connectivity index (χ0n) is 11.3. The Morgan fingerprint density at radius 3 is 2.44 bits per heavy atom. The number of rotatable bonds is 3. The molecule has 0 radical (unpaired) electrons. The van der Waals surface area contributed by atoms with E-state index in [2.05, 4.69) is 10.3 Å². The summed E-state index contributed by atoms with van der Waals surface area (Å²) in [6.07, 6.45) is 3.23. The van der Waals surface area contributed by atoms with Crippen molar-refractivity contribution in [3.63, 3.8) is 0 Å². The fourth-order valence-corrected chi connectivity index (χ4v) is 1.77. The van der Waals surface area contributed by atoms with Gasteiger partial charge in [0.2, 0.25) is 0 Å². The first-order valence-corrected chi connectivity index (χ1v) is 5.91. The Morgan fingerprint density at radius 1 is 1.44 bits per heavy atom. The molecule has 2 N–H and O–H groups in total. The molecule has 0 saturated heterocycles. The number of anilines is 1. The smallest absolute Gasteiger partial charge is 0.321 e. The number of aliphatic hydroxyl groups excluding tert-OH is 1. The van der Waals surface area contributed by atoms with Crippen LogP contribution >= 0.6 is 0 Å². The normalized spacial score (nSPS) is 12.9. The van der Waals surface area contributed by atoms with Gasteiger partial charge in [0.05, 0.1) is 12.6 Å². The Kier molecular flexibility index (Phi) is 4.67. The van der Waals surface area contributed by atoms with Crippen LogP contribution in [-0.2, 0) is 0 Å². The van der Waals surface area contributed by atoms with E-state index in [-0.39, 0.29) is 24.1 Å². The van der Waals surface area contributed by atoms with Crippen molar-refractivity contribution < 1.29 is 9.90 Å². The van der Waals surface area contributed by atoms with E-state index in [1.165, 1.54) is 4.90 Å². The van der Waals surface area contributed by atoms with Crippen molar-refractivity contribution in [3.05, 3.63) is 24.5 Å². The summed E-state index contributed by atoms with van der Waals surface area (Å²) in [7, 11) is 1.68. The lowest BCUT2D eigenvalue weighted by Crippen LogP contribution is -2.48. The predicted octanol–water partition coefficient (Wildman–Crippen LogP) is 1.95.